The smallest absolute Gasteiger partial charge is 0.266 e. The third kappa shape index (κ3) is 4.06. The van der Waals surface area contributed by atoms with Gasteiger partial charge in [0.1, 0.15) is 11.6 Å². The van der Waals surface area contributed by atoms with Crippen LogP contribution in [0.5, 0.6) is 0 Å². The van der Waals surface area contributed by atoms with Gasteiger partial charge in [0.05, 0.1) is 19.8 Å². The number of carbonyl (C=O) groups excluding carboxylic acids is 1. The molecule has 0 aromatic carbocycles. The van der Waals surface area contributed by atoms with E-state index in [9.17, 15) is 4.79 Å². The average Bonchev–Trinajstić information content (AvgIpc) is 2.36. The third-order valence-corrected chi connectivity index (χ3v) is 2.45. The van der Waals surface area contributed by atoms with Gasteiger partial charge in [-0.15, -0.1) is 0 Å². The maximum atomic E-state index is 12.0. The topological polar surface area (TPSA) is 76.8 Å². The Labute approximate surface area is 101 Å². The van der Waals surface area contributed by atoms with E-state index >= 15 is 0 Å². The zero-order valence-electron chi connectivity index (χ0n) is 9.93. The van der Waals surface area contributed by atoms with Crippen molar-refractivity contribution in [3.05, 3.63) is 11.8 Å². The first-order valence-corrected chi connectivity index (χ1v) is 5.49. The highest BCUT2D eigenvalue weighted by atomic mass is 16.5. The van der Waals surface area contributed by atoms with Crippen LogP contribution in [0.3, 0.4) is 0 Å². The molecule has 1 saturated heterocycles. The highest BCUT2D eigenvalue weighted by Crippen LogP contribution is 2.05. The second-order valence-electron chi connectivity index (χ2n) is 3.76. The van der Waals surface area contributed by atoms with Crippen LogP contribution in [-0.2, 0) is 9.53 Å². The van der Waals surface area contributed by atoms with Gasteiger partial charge in [-0.1, -0.05) is 0 Å². The molecule has 17 heavy (non-hydrogen) atoms. The van der Waals surface area contributed by atoms with E-state index in [1.807, 2.05) is 6.07 Å². The van der Waals surface area contributed by atoms with Crippen LogP contribution in [-0.4, -0.2) is 67.3 Å². The van der Waals surface area contributed by atoms with Crippen molar-refractivity contribution in [1.82, 2.24) is 9.80 Å². The number of hydrogen-bond donors (Lipinski definition) is 1. The van der Waals surface area contributed by atoms with E-state index in [-0.39, 0.29) is 18.1 Å². The van der Waals surface area contributed by atoms with Gasteiger partial charge < -0.3 is 19.6 Å². The van der Waals surface area contributed by atoms with Crippen molar-refractivity contribution in [2.24, 2.45) is 0 Å². The monoisotopic (exact) mass is 239 g/mol. The van der Waals surface area contributed by atoms with Crippen molar-refractivity contribution < 1.29 is 14.6 Å². The van der Waals surface area contributed by atoms with E-state index in [1.165, 1.54) is 6.20 Å². The SMILES string of the molecule is CN(/C=C(/C#N)C(=O)N1CCOCC1)CCO. The number of likely N-dealkylation sites (N-methyl/N-ethyl adjacent to an activating group) is 1. The van der Waals surface area contributed by atoms with Crippen molar-refractivity contribution in [1.29, 1.82) is 5.26 Å². The number of rotatable bonds is 4. The molecule has 1 N–H and O–H groups in total. The number of morpholine rings is 1. The number of nitrogens with zero attached hydrogens (tertiary/aromatic N) is 3. The quantitative estimate of drug-likeness (QED) is 0.512. The largest absolute Gasteiger partial charge is 0.395 e. The van der Waals surface area contributed by atoms with E-state index < -0.39 is 0 Å². The Balaban J connectivity index is 2.66. The van der Waals surface area contributed by atoms with Crippen LogP contribution >= 0.6 is 0 Å². The van der Waals surface area contributed by atoms with Crippen LogP contribution < -0.4 is 0 Å². The maximum Gasteiger partial charge on any atom is 0.266 e. The molecule has 1 aliphatic rings. The molecule has 0 atom stereocenters. The summed E-state index contributed by atoms with van der Waals surface area (Å²) in [6.07, 6.45) is 1.47. The fourth-order valence-electron chi connectivity index (χ4n) is 1.51. The van der Waals surface area contributed by atoms with Gasteiger partial charge in [0.15, 0.2) is 0 Å². The lowest BCUT2D eigenvalue weighted by Gasteiger charge is -2.26. The van der Waals surface area contributed by atoms with Crippen LogP contribution in [0.25, 0.3) is 0 Å². The molecule has 6 nitrogen and oxygen atoms in total. The van der Waals surface area contributed by atoms with E-state index in [0.29, 0.717) is 32.8 Å². The fraction of sp³-hybridized carbons (Fsp3) is 0.636. The lowest BCUT2D eigenvalue weighted by atomic mass is 10.2. The Kier molecular flexibility index (Phi) is 5.46. The number of hydrogen-bond acceptors (Lipinski definition) is 5. The molecule has 0 saturated carbocycles. The predicted octanol–water partition coefficient (Wildman–Crippen LogP) is -0.823. The molecule has 0 aromatic rings. The molecule has 1 amide bonds. The summed E-state index contributed by atoms with van der Waals surface area (Å²) in [5.74, 6) is -0.277. The van der Waals surface area contributed by atoms with E-state index in [2.05, 4.69) is 0 Å². The molecule has 1 fully saturated rings. The summed E-state index contributed by atoms with van der Waals surface area (Å²) in [4.78, 5) is 15.2. The summed E-state index contributed by atoms with van der Waals surface area (Å²) in [5, 5.41) is 17.7. The molecule has 0 unspecified atom stereocenters. The van der Waals surface area contributed by atoms with Crippen molar-refractivity contribution in [3.63, 3.8) is 0 Å². The number of aliphatic hydroxyl groups is 1. The summed E-state index contributed by atoms with van der Waals surface area (Å²) in [7, 11) is 1.71. The Bertz CT molecular complexity index is 329. The van der Waals surface area contributed by atoms with Gasteiger partial charge in [-0.05, 0) is 0 Å². The lowest BCUT2D eigenvalue weighted by Crippen LogP contribution is -2.41. The number of carbonyl (C=O) groups is 1. The Morgan fingerprint density at radius 1 is 1.59 bits per heavy atom. The summed E-state index contributed by atoms with van der Waals surface area (Å²) < 4.78 is 5.14. The first-order chi connectivity index (χ1) is 8.19. The van der Waals surface area contributed by atoms with Crippen molar-refractivity contribution in [2.75, 3.05) is 46.5 Å². The lowest BCUT2D eigenvalue weighted by molar-refractivity contribution is -0.130. The third-order valence-electron chi connectivity index (χ3n) is 2.45. The van der Waals surface area contributed by atoms with Gasteiger partial charge in [-0.2, -0.15) is 5.26 Å². The summed E-state index contributed by atoms with van der Waals surface area (Å²) in [6, 6.07) is 1.89. The Morgan fingerprint density at radius 3 is 2.76 bits per heavy atom. The highest BCUT2D eigenvalue weighted by Gasteiger charge is 2.20. The molecule has 0 aliphatic carbocycles. The zero-order chi connectivity index (χ0) is 12.7. The van der Waals surface area contributed by atoms with Crippen LogP contribution in [0.15, 0.2) is 11.8 Å². The van der Waals surface area contributed by atoms with Crippen LogP contribution in [0, 0.1) is 11.3 Å². The molecular weight excluding hydrogens is 222 g/mol. The number of aliphatic hydroxyl groups excluding tert-OH is 1. The zero-order valence-corrected chi connectivity index (χ0v) is 9.93. The van der Waals surface area contributed by atoms with E-state index in [0.717, 1.165) is 0 Å². The summed E-state index contributed by atoms with van der Waals surface area (Å²) in [5.41, 5.74) is 0.0860. The minimum atomic E-state index is -0.277. The van der Waals surface area contributed by atoms with Gasteiger partial charge in [0.25, 0.3) is 5.91 Å². The molecule has 1 rings (SSSR count). The molecule has 1 heterocycles. The Hall–Kier alpha value is -1.58. The second-order valence-corrected chi connectivity index (χ2v) is 3.76. The van der Waals surface area contributed by atoms with Crippen LogP contribution in [0.4, 0.5) is 0 Å². The molecule has 0 radical (unpaired) electrons. The van der Waals surface area contributed by atoms with E-state index in [4.69, 9.17) is 15.1 Å². The normalized spacial score (nSPS) is 16.5. The van der Waals surface area contributed by atoms with Crippen molar-refractivity contribution in [2.45, 2.75) is 0 Å². The molecule has 6 heteroatoms. The number of ether oxygens (including phenoxy) is 1. The molecule has 0 aromatic heterocycles. The van der Waals surface area contributed by atoms with Gasteiger partial charge in [0, 0.05) is 32.9 Å². The van der Waals surface area contributed by atoms with Gasteiger partial charge >= 0.3 is 0 Å². The fourth-order valence-corrected chi connectivity index (χ4v) is 1.51. The predicted molar refractivity (Wildman–Crippen MR) is 60.8 cm³/mol. The first kappa shape index (κ1) is 13.5. The first-order valence-electron chi connectivity index (χ1n) is 5.49. The number of amides is 1. The summed E-state index contributed by atoms with van der Waals surface area (Å²) in [6.45, 7) is 2.43. The molecule has 1 aliphatic heterocycles. The molecule has 94 valence electrons. The van der Waals surface area contributed by atoms with Crippen molar-refractivity contribution >= 4 is 5.91 Å². The molecular formula is C11H17N3O3. The van der Waals surface area contributed by atoms with Crippen molar-refractivity contribution in [3.8, 4) is 6.07 Å². The standard InChI is InChI=1S/C11H17N3O3/c1-13(2-5-15)9-10(8-12)11(16)14-3-6-17-7-4-14/h9,15H,2-7H2,1H3/b10-9-. The summed E-state index contributed by atoms with van der Waals surface area (Å²) >= 11 is 0. The second kappa shape index (κ2) is 6.89. The molecule has 0 spiro atoms. The van der Waals surface area contributed by atoms with Gasteiger partial charge in [0.2, 0.25) is 0 Å². The average molecular weight is 239 g/mol. The minimum Gasteiger partial charge on any atom is -0.395 e. The Morgan fingerprint density at radius 2 is 2.24 bits per heavy atom. The number of nitriles is 1. The molecule has 0 bridgehead atoms. The van der Waals surface area contributed by atoms with Gasteiger partial charge in [-0.3, -0.25) is 4.79 Å². The van der Waals surface area contributed by atoms with E-state index in [1.54, 1.807) is 16.8 Å². The van der Waals surface area contributed by atoms with Crippen LogP contribution in [0.1, 0.15) is 0 Å². The maximum absolute atomic E-state index is 12.0. The highest BCUT2D eigenvalue weighted by molar-refractivity contribution is 5.97. The minimum absolute atomic E-state index is 0.0164. The van der Waals surface area contributed by atoms with Crippen LogP contribution in [0.2, 0.25) is 0 Å². The van der Waals surface area contributed by atoms with Gasteiger partial charge in [-0.25, -0.2) is 0 Å².